The van der Waals surface area contributed by atoms with Gasteiger partial charge in [0.2, 0.25) is 0 Å². The Kier molecular flexibility index (Phi) is 3.82. The van der Waals surface area contributed by atoms with Gasteiger partial charge in [-0.2, -0.15) is 5.26 Å². The Morgan fingerprint density at radius 1 is 1.15 bits per heavy atom. The largest absolute Gasteiger partial charge is 0.293 e. The molecule has 0 fully saturated rings. The second kappa shape index (κ2) is 5.85. The number of hydrogen-bond donors (Lipinski definition) is 0. The van der Waals surface area contributed by atoms with Gasteiger partial charge in [0, 0.05) is 22.0 Å². The van der Waals surface area contributed by atoms with E-state index in [4.69, 9.17) is 9.97 Å². The van der Waals surface area contributed by atoms with E-state index in [-0.39, 0.29) is 17.3 Å². The van der Waals surface area contributed by atoms with Gasteiger partial charge >= 0.3 is 0 Å². The van der Waals surface area contributed by atoms with Crippen molar-refractivity contribution >= 4 is 5.78 Å². The predicted molar refractivity (Wildman–Crippen MR) is 104 cm³/mol. The maximum absolute atomic E-state index is 12.8. The topological polar surface area (TPSA) is 66.6 Å². The fourth-order valence-electron chi connectivity index (χ4n) is 5.10. The molecule has 0 saturated heterocycles. The van der Waals surface area contributed by atoms with Crippen LogP contribution in [0.25, 0.3) is 11.3 Å². The molecule has 2 aliphatic rings. The van der Waals surface area contributed by atoms with E-state index in [2.05, 4.69) is 25.1 Å². The summed E-state index contributed by atoms with van der Waals surface area (Å²) in [6.45, 7) is 7.98. The molecule has 2 atom stereocenters. The molecule has 2 aromatic rings. The second-order valence-electron chi connectivity index (χ2n) is 8.41. The summed E-state index contributed by atoms with van der Waals surface area (Å²) < 4.78 is 0. The van der Waals surface area contributed by atoms with Gasteiger partial charge < -0.3 is 0 Å². The van der Waals surface area contributed by atoms with Crippen LogP contribution in [0.15, 0.2) is 42.0 Å². The summed E-state index contributed by atoms with van der Waals surface area (Å²) in [4.78, 5) is 22.4. The number of aromatic nitrogens is 2. The first-order valence-electron chi connectivity index (χ1n) is 9.40. The molecule has 0 spiro atoms. The van der Waals surface area contributed by atoms with Gasteiger partial charge in [-0.1, -0.05) is 57.2 Å². The molecular weight excluding hydrogens is 334 g/mol. The first-order valence-corrected chi connectivity index (χ1v) is 9.40. The van der Waals surface area contributed by atoms with Gasteiger partial charge in [0.15, 0.2) is 5.78 Å². The Hall–Kier alpha value is -2.80. The average molecular weight is 357 g/mol. The van der Waals surface area contributed by atoms with E-state index in [0.29, 0.717) is 0 Å². The van der Waals surface area contributed by atoms with Crippen LogP contribution in [0.3, 0.4) is 0 Å². The van der Waals surface area contributed by atoms with E-state index in [9.17, 15) is 10.1 Å². The fourth-order valence-corrected chi connectivity index (χ4v) is 5.10. The third-order valence-electron chi connectivity index (χ3n) is 6.35. The van der Waals surface area contributed by atoms with Gasteiger partial charge in [0.25, 0.3) is 0 Å². The Morgan fingerprint density at radius 2 is 1.85 bits per heavy atom. The molecule has 0 amide bonds. The van der Waals surface area contributed by atoms with Gasteiger partial charge in [0.1, 0.15) is 11.9 Å². The highest BCUT2D eigenvalue weighted by Crippen LogP contribution is 2.54. The quantitative estimate of drug-likeness (QED) is 0.762. The number of ketones is 1. The van der Waals surface area contributed by atoms with Crippen molar-refractivity contribution in [3.05, 3.63) is 59.1 Å². The molecule has 0 aliphatic heterocycles. The molecule has 0 bridgehead atoms. The van der Waals surface area contributed by atoms with Gasteiger partial charge in [-0.25, -0.2) is 9.97 Å². The summed E-state index contributed by atoms with van der Waals surface area (Å²) in [7, 11) is 0. The van der Waals surface area contributed by atoms with Crippen molar-refractivity contribution in [2.45, 2.75) is 46.0 Å². The number of nitriles is 1. The van der Waals surface area contributed by atoms with Crippen LogP contribution in [0, 0.1) is 29.6 Å². The maximum Gasteiger partial charge on any atom is 0.178 e. The number of benzene rings is 1. The van der Waals surface area contributed by atoms with Crippen LogP contribution >= 0.6 is 0 Å². The van der Waals surface area contributed by atoms with Crippen molar-refractivity contribution < 1.29 is 4.79 Å². The SMILES string of the molecule is Cc1nc(-c2ccccc2)c2c(n1)[C@@]1(C)C=C(C#N)C(=O)C(C)(C)[C@@H]1CC2. The van der Waals surface area contributed by atoms with Crippen LogP contribution in [0.4, 0.5) is 0 Å². The van der Waals surface area contributed by atoms with Crippen molar-refractivity contribution in [1.29, 1.82) is 5.26 Å². The third kappa shape index (κ3) is 2.45. The van der Waals surface area contributed by atoms with Crippen LogP contribution in [0.2, 0.25) is 0 Å². The number of Topliss-reactive ketones (excluding diaryl/α,β-unsaturated/α-hetero) is 1. The van der Waals surface area contributed by atoms with Gasteiger partial charge in [-0.05, 0) is 25.7 Å². The van der Waals surface area contributed by atoms with Crippen molar-refractivity contribution in [2.75, 3.05) is 0 Å². The standard InChI is InChI=1S/C23H23N3O/c1-14-25-19(15-8-6-5-7-9-15)17-10-11-18-22(2,3)21(27)16(13-24)12-23(18,4)20(17)26-14/h5-9,12,18H,10-11H2,1-4H3/t18-,23-/m0/s1. The Balaban J connectivity index is 2.01. The summed E-state index contributed by atoms with van der Waals surface area (Å²) in [5.41, 5.74) is 3.38. The Bertz CT molecular complexity index is 1010. The minimum Gasteiger partial charge on any atom is -0.293 e. The lowest BCUT2D eigenvalue weighted by molar-refractivity contribution is -0.128. The monoisotopic (exact) mass is 357 g/mol. The molecule has 4 rings (SSSR count). The van der Waals surface area contributed by atoms with Crippen LogP contribution in [0.5, 0.6) is 0 Å². The van der Waals surface area contributed by atoms with E-state index in [1.807, 2.05) is 45.0 Å². The zero-order valence-electron chi connectivity index (χ0n) is 16.2. The van der Waals surface area contributed by atoms with Crippen molar-refractivity contribution in [1.82, 2.24) is 9.97 Å². The number of aryl methyl sites for hydroxylation is 1. The lowest BCUT2D eigenvalue weighted by atomic mass is 9.52. The zero-order chi connectivity index (χ0) is 19.4. The van der Waals surface area contributed by atoms with Crippen LogP contribution in [0.1, 0.15) is 44.3 Å². The molecule has 0 N–H and O–H groups in total. The summed E-state index contributed by atoms with van der Waals surface area (Å²) in [5.74, 6) is 0.779. The number of rotatable bonds is 1. The maximum atomic E-state index is 12.8. The third-order valence-corrected chi connectivity index (χ3v) is 6.35. The van der Waals surface area contributed by atoms with Gasteiger partial charge in [-0.3, -0.25) is 4.79 Å². The molecule has 2 aliphatic carbocycles. The number of carbonyl (C=O) groups excluding carboxylic acids is 1. The highest BCUT2D eigenvalue weighted by atomic mass is 16.1. The molecule has 136 valence electrons. The molecule has 1 aromatic carbocycles. The first-order chi connectivity index (χ1) is 12.8. The highest BCUT2D eigenvalue weighted by Gasteiger charge is 2.55. The van der Waals surface area contributed by atoms with E-state index in [0.717, 1.165) is 41.2 Å². The minimum atomic E-state index is -0.585. The van der Waals surface area contributed by atoms with Crippen LogP contribution in [-0.2, 0) is 16.6 Å². The predicted octanol–water partition coefficient (Wildman–Crippen LogP) is 4.33. The summed E-state index contributed by atoms with van der Waals surface area (Å²) in [6, 6.07) is 12.3. The van der Waals surface area contributed by atoms with Gasteiger partial charge in [-0.15, -0.1) is 0 Å². The second-order valence-corrected chi connectivity index (χ2v) is 8.41. The molecule has 0 radical (unpaired) electrons. The molecular formula is C23H23N3O. The minimum absolute atomic E-state index is 0.0509. The Labute approximate surface area is 160 Å². The number of fused-ring (bicyclic) bond motifs is 3. The molecule has 0 unspecified atom stereocenters. The molecule has 4 heteroatoms. The number of hydrogen-bond acceptors (Lipinski definition) is 4. The number of nitrogens with zero attached hydrogens (tertiary/aromatic N) is 3. The zero-order valence-corrected chi connectivity index (χ0v) is 16.2. The molecule has 4 nitrogen and oxygen atoms in total. The van der Waals surface area contributed by atoms with E-state index in [1.165, 1.54) is 0 Å². The van der Waals surface area contributed by atoms with Crippen LogP contribution < -0.4 is 0 Å². The smallest absolute Gasteiger partial charge is 0.178 e. The summed E-state index contributed by atoms with van der Waals surface area (Å²) >= 11 is 0. The first kappa shape index (κ1) is 17.6. The molecule has 0 saturated carbocycles. The highest BCUT2D eigenvalue weighted by molar-refractivity contribution is 6.04. The van der Waals surface area contributed by atoms with Crippen molar-refractivity contribution in [2.24, 2.45) is 11.3 Å². The van der Waals surface area contributed by atoms with Crippen LogP contribution in [-0.4, -0.2) is 15.8 Å². The van der Waals surface area contributed by atoms with Crippen molar-refractivity contribution in [3.63, 3.8) is 0 Å². The lowest BCUT2D eigenvalue weighted by Gasteiger charge is -2.50. The van der Waals surface area contributed by atoms with E-state index >= 15 is 0 Å². The molecule has 1 aromatic heterocycles. The molecule has 1 heterocycles. The summed E-state index contributed by atoms with van der Waals surface area (Å²) in [6.07, 6.45) is 3.58. The van der Waals surface area contributed by atoms with Gasteiger partial charge in [0.05, 0.1) is 17.0 Å². The number of allylic oxidation sites excluding steroid dienone is 2. The molecule has 27 heavy (non-hydrogen) atoms. The van der Waals surface area contributed by atoms with E-state index < -0.39 is 10.8 Å². The van der Waals surface area contributed by atoms with E-state index in [1.54, 1.807) is 0 Å². The fraction of sp³-hybridized carbons (Fsp3) is 0.391. The summed E-state index contributed by atoms with van der Waals surface area (Å²) in [5, 5.41) is 9.56. The van der Waals surface area contributed by atoms with Crippen molar-refractivity contribution in [3.8, 4) is 17.3 Å². The normalized spacial score (nSPS) is 25.8. The number of carbonyl (C=O) groups is 1. The lowest BCUT2D eigenvalue weighted by Crippen LogP contribution is -2.51. The average Bonchev–Trinajstić information content (AvgIpc) is 2.65. The Morgan fingerprint density at radius 3 is 2.52 bits per heavy atom.